The van der Waals surface area contributed by atoms with Crippen molar-refractivity contribution in [2.75, 3.05) is 19.6 Å². The first-order valence-electron chi connectivity index (χ1n) is 7.67. The van der Waals surface area contributed by atoms with Crippen molar-refractivity contribution < 1.29 is 14.7 Å². The second kappa shape index (κ2) is 5.91. The number of aliphatic carboxylic acids is 1. The van der Waals surface area contributed by atoms with Crippen LogP contribution in [-0.4, -0.2) is 51.0 Å². The number of hydrogen-bond acceptors (Lipinski definition) is 3. The highest BCUT2D eigenvalue weighted by molar-refractivity contribution is 5.79. The maximum Gasteiger partial charge on any atom is 0.317 e. The van der Waals surface area contributed by atoms with E-state index in [1.807, 2.05) is 35.0 Å². The van der Waals surface area contributed by atoms with Crippen LogP contribution in [0.3, 0.4) is 0 Å². The molecule has 122 valence electrons. The average molecular weight is 316 g/mol. The summed E-state index contributed by atoms with van der Waals surface area (Å²) in [6.07, 6.45) is 5.00. The Bertz CT molecular complexity index is 709. The van der Waals surface area contributed by atoms with Gasteiger partial charge in [-0.05, 0) is 25.5 Å². The summed E-state index contributed by atoms with van der Waals surface area (Å²) >= 11 is 0. The van der Waals surface area contributed by atoms with Crippen molar-refractivity contribution in [2.24, 2.45) is 5.41 Å². The van der Waals surface area contributed by atoms with Gasteiger partial charge in [-0.1, -0.05) is 6.07 Å². The van der Waals surface area contributed by atoms with E-state index in [4.69, 9.17) is 0 Å². The minimum Gasteiger partial charge on any atom is -0.481 e. The Kier molecular flexibility index (Phi) is 3.94. The molecule has 2 amide bonds. The molecule has 2 aromatic rings. The van der Waals surface area contributed by atoms with Gasteiger partial charge in [-0.15, -0.1) is 0 Å². The number of fused-ring (bicyclic) bond motifs is 1. The SMILES string of the molecule is CC1(C(=O)O)CCN(C(=O)NCCc2cn3ccccc3n2)C1. The van der Waals surface area contributed by atoms with E-state index in [1.54, 1.807) is 11.8 Å². The third-order valence-electron chi connectivity index (χ3n) is 4.35. The van der Waals surface area contributed by atoms with Crippen LogP contribution in [0, 0.1) is 5.41 Å². The Morgan fingerprint density at radius 1 is 1.43 bits per heavy atom. The fourth-order valence-corrected chi connectivity index (χ4v) is 2.83. The molecule has 1 unspecified atom stereocenters. The third kappa shape index (κ3) is 3.13. The highest BCUT2D eigenvalue weighted by Gasteiger charge is 2.42. The zero-order chi connectivity index (χ0) is 16.4. The lowest BCUT2D eigenvalue weighted by atomic mass is 9.90. The van der Waals surface area contributed by atoms with E-state index in [9.17, 15) is 14.7 Å². The minimum absolute atomic E-state index is 0.210. The van der Waals surface area contributed by atoms with Crippen LogP contribution >= 0.6 is 0 Å². The number of hydrogen-bond donors (Lipinski definition) is 2. The molecule has 3 heterocycles. The van der Waals surface area contributed by atoms with E-state index in [1.165, 1.54) is 0 Å². The Morgan fingerprint density at radius 2 is 2.26 bits per heavy atom. The molecule has 0 aliphatic carbocycles. The zero-order valence-corrected chi connectivity index (χ0v) is 13.0. The maximum absolute atomic E-state index is 12.1. The highest BCUT2D eigenvalue weighted by atomic mass is 16.4. The number of likely N-dealkylation sites (tertiary alicyclic amines) is 1. The van der Waals surface area contributed by atoms with Crippen molar-refractivity contribution in [1.82, 2.24) is 19.6 Å². The predicted octanol–water partition coefficient (Wildman–Crippen LogP) is 1.38. The number of urea groups is 1. The number of carbonyl (C=O) groups excluding carboxylic acids is 1. The lowest BCUT2D eigenvalue weighted by molar-refractivity contribution is -0.146. The predicted molar refractivity (Wildman–Crippen MR) is 84.2 cm³/mol. The fraction of sp³-hybridized carbons (Fsp3) is 0.438. The van der Waals surface area contributed by atoms with Crippen molar-refractivity contribution in [3.63, 3.8) is 0 Å². The number of rotatable bonds is 4. The van der Waals surface area contributed by atoms with Crippen molar-refractivity contribution in [1.29, 1.82) is 0 Å². The Morgan fingerprint density at radius 3 is 2.96 bits per heavy atom. The van der Waals surface area contributed by atoms with Gasteiger partial charge in [-0.2, -0.15) is 0 Å². The van der Waals surface area contributed by atoms with Crippen molar-refractivity contribution in [3.05, 3.63) is 36.3 Å². The molecular weight excluding hydrogens is 296 g/mol. The van der Waals surface area contributed by atoms with E-state index in [-0.39, 0.29) is 12.6 Å². The first-order chi connectivity index (χ1) is 11.0. The van der Waals surface area contributed by atoms with E-state index < -0.39 is 11.4 Å². The summed E-state index contributed by atoms with van der Waals surface area (Å²) < 4.78 is 1.94. The summed E-state index contributed by atoms with van der Waals surface area (Å²) in [5.41, 5.74) is 0.956. The lowest BCUT2D eigenvalue weighted by Gasteiger charge is -2.20. The number of carbonyl (C=O) groups is 2. The van der Waals surface area contributed by atoms with Gasteiger partial charge in [0.05, 0.1) is 11.1 Å². The number of carboxylic acid groups (broad SMARTS) is 1. The number of aromatic nitrogens is 2. The minimum atomic E-state index is -0.850. The number of imidazole rings is 1. The maximum atomic E-state index is 12.1. The topological polar surface area (TPSA) is 86.9 Å². The highest BCUT2D eigenvalue weighted by Crippen LogP contribution is 2.29. The molecule has 7 heteroatoms. The molecule has 1 saturated heterocycles. The second-order valence-corrected chi connectivity index (χ2v) is 6.22. The number of pyridine rings is 1. The van der Waals surface area contributed by atoms with Crippen molar-refractivity contribution in [2.45, 2.75) is 19.8 Å². The number of amides is 2. The summed E-state index contributed by atoms with van der Waals surface area (Å²) in [6, 6.07) is 5.59. The molecule has 7 nitrogen and oxygen atoms in total. The van der Waals surface area contributed by atoms with Gasteiger partial charge in [0.25, 0.3) is 0 Å². The van der Waals surface area contributed by atoms with Crippen LogP contribution in [0.1, 0.15) is 19.0 Å². The fourth-order valence-electron chi connectivity index (χ4n) is 2.83. The van der Waals surface area contributed by atoms with E-state index in [0.29, 0.717) is 25.9 Å². The normalized spacial score (nSPS) is 20.8. The molecule has 2 N–H and O–H groups in total. The molecule has 1 atom stereocenters. The van der Waals surface area contributed by atoms with Crippen LogP contribution < -0.4 is 5.32 Å². The smallest absolute Gasteiger partial charge is 0.317 e. The second-order valence-electron chi connectivity index (χ2n) is 6.22. The Labute approximate surface area is 133 Å². The first kappa shape index (κ1) is 15.3. The molecule has 1 aliphatic heterocycles. The number of carboxylic acids is 1. The quantitative estimate of drug-likeness (QED) is 0.892. The van der Waals surface area contributed by atoms with E-state index in [2.05, 4.69) is 10.3 Å². The van der Waals surface area contributed by atoms with Gasteiger partial charge in [-0.3, -0.25) is 4.79 Å². The summed E-state index contributed by atoms with van der Waals surface area (Å²) in [4.78, 5) is 29.4. The molecule has 0 bridgehead atoms. The van der Waals surface area contributed by atoms with Gasteiger partial charge in [0.1, 0.15) is 5.65 Å². The zero-order valence-electron chi connectivity index (χ0n) is 13.0. The molecule has 3 rings (SSSR count). The van der Waals surface area contributed by atoms with Gasteiger partial charge >= 0.3 is 12.0 Å². The average Bonchev–Trinajstić information content (AvgIpc) is 3.11. The molecule has 1 aliphatic rings. The Balaban J connectivity index is 1.51. The van der Waals surface area contributed by atoms with Gasteiger partial charge in [0.15, 0.2) is 0 Å². The number of nitrogens with one attached hydrogen (secondary N) is 1. The molecular formula is C16H20N4O3. The van der Waals surface area contributed by atoms with Crippen LogP contribution in [0.5, 0.6) is 0 Å². The van der Waals surface area contributed by atoms with Gasteiger partial charge in [0.2, 0.25) is 0 Å². The summed E-state index contributed by atoms with van der Waals surface area (Å²) in [6.45, 7) is 2.88. The summed E-state index contributed by atoms with van der Waals surface area (Å²) in [7, 11) is 0. The molecule has 0 spiro atoms. The largest absolute Gasteiger partial charge is 0.481 e. The van der Waals surface area contributed by atoms with Crippen LogP contribution in [0.25, 0.3) is 5.65 Å². The van der Waals surface area contributed by atoms with E-state index >= 15 is 0 Å². The van der Waals surface area contributed by atoms with Crippen LogP contribution in [0.2, 0.25) is 0 Å². The monoisotopic (exact) mass is 316 g/mol. The molecule has 0 saturated carbocycles. The van der Waals surface area contributed by atoms with E-state index in [0.717, 1.165) is 11.3 Å². The summed E-state index contributed by atoms with van der Waals surface area (Å²) in [5, 5.41) is 12.0. The summed E-state index contributed by atoms with van der Waals surface area (Å²) in [5.74, 6) is -0.850. The molecule has 0 radical (unpaired) electrons. The van der Waals surface area contributed by atoms with Crippen LogP contribution in [-0.2, 0) is 11.2 Å². The third-order valence-corrected chi connectivity index (χ3v) is 4.35. The Hall–Kier alpha value is -2.57. The van der Waals surface area contributed by atoms with Gasteiger partial charge in [-0.25, -0.2) is 9.78 Å². The van der Waals surface area contributed by atoms with Crippen LogP contribution in [0.15, 0.2) is 30.6 Å². The van der Waals surface area contributed by atoms with Crippen molar-refractivity contribution in [3.8, 4) is 0 Å². The van der Waals surface area contributed by atoms with Crippen molar-refractivity contribution >= 4 is 17.6 Å². The molecule has 23 heavy (non-hydrogen) atoms. The van der Waals surface area contributed by atoms with Gasteiger partial charge in [0, 0.05) is 38.4 Å². The van der Waals surface area contributed by atoms with Gasteiger partial charge < -0.3 is 19.7 Å². The molecule has 0 aromatic carbocycles. The number of nitrogens with zero attached hydrogens (tertiary/aromatic N) is 3. The standard InChI is InChI=1S/C16H20N4O3/c1-16(14(21)22)6-9-20(11-16)15(23)17-7-5-12-10-19-8-3-2-4-13(19)18-12/h2-4,8,10H,5-7,9,11H2,1H3,(H,17,23)(H,21,22). The first-order valence-corrected chi connectivity index (χ1v) is 7.67. The van der Waals surface area contributed by atoms with Crippen LogP contribution in [0.4, 0.5) is 4.79 Å². The molecule has 1 fully saturated rings. The lowest BCUT2D eigenvalue weighted by Crippen LogP contribution is -2.41. The molecule has 2 aromatic heterocycles.